The van der Waals surface area contributed by atoms with E-state index in [9.17, 15) is 8.42 Å². The first kappa shape index (κ1) is 19.4. The standard InChI is InChI=1S/C18H22O2S.CH5N/c1-5-15-11-13(3)7-9-17(15)21(19,20)18-10-8-14(4)12-16(18)6-2;1-2/h7-12H,5-6H2,1-4H3;2H2,1H3. The van der Waals surface area contributed by atoms with Gasteiger partial charge >= 0.3 is 0 Å². The molecule has 0 spiro atoms. The highest BCUT2D eigenvalue weighted by molar-refractivity contribution is 7.91. The largest absolute Gasteiger partial charge is 0.333 e. The van der Waals surface area contributed by atoms with Crippen LogP contribution in [0, 0.1) is 13.8 Å². The minimum atomic E-state index is -3.46. The highest BCUT2D eigenvalue weighted by Gasteiger charge is 2.23. The average Bonchev–Trinajstić information content (AvgIpc) is 2.55. The number of sulfone groups is 1. The zero-order valence-electron chi connectivity index (χ0n) is 14.7. The SMILES string of the molecule is CCc1cc(C)ccc1S(=O)(=O)c1ccc(C)cc1CC.CN. The molecule has 0 atom stereocenters. The van der Waals surface area contributed by atoms with Crippen molar-refractivity contribution in [1.29, 1.82) is 0 Å². The fourth-order valence-electron chi connectivity index (χ4n) is 2.61. The first-order valence-corrected chi connectivity index (χ1v) is 9.40. The van der Waals surface area contributed by atoms with Gasteiger partial charge in [-0.1, -0.05) is 49.2 Å². The smallest absolute Gasteiger partial charge is 0.207 e. The van der Waals surface area contributed by atoms with Crippen LogP contribution in [0.25, 0.3) is 0 Å². The van der Waals surface area contributed by atoms with Gasteiger partial charge in [0.1, 0.15) is 0 Å². The molecule has 2 rings (SSSR count). The summed E-state index contributed by atoms with van der Waals surface area (Å²) in [5.41, 5.74) is 8.45. The summed E-state index contributed by atoms with van der Waals surface area (Å²) < 4.78 is 26.0. The van der Waals surface area contributed by atoms with Gasteiger partial charge < -0.3 is 5.73 Å². The number of nitrogens with two attached hydrogens (primary N) is 1. The van der Waals surface area contributed by atoms with E-state index in [1.807, 2.05) is 52.0 Å². The molecule has 0 unspecified atom stereocenters. The Hall–Kier alpha value is -1.65. The van der Waals surface area contributed by atoms with Crippen molar-refractivity contribution in [2.75, 3.05) is 7.05 Å². The molecule has 0 aliphatic rings. The average molecular weight is 333 g/mol. The summed E-state index contributed by atoms with van der Waals surface area (Å²) in [5.74, 6) is 0. The maximum atomic E-state index is 13.0. The Labute approximate surface area is 140 Å². The molecule has 0 amide bonds. The second-order valence-corrected chi connectivity index (χ2v) is 7.32. The van der Waals surface area contributed by atoms with Crippen LogP contribution in [0.4, 0.5) is 0 Å². The lowest BCUT2D eigenvalue weighted by molar-refractivity contribution is 0.594. The predicted octanol–water partition coefficient (Wildman–Crippen LogP) is 3.84. The summed E-state index contributed by atoms with van der Waals surface area (Å²) >= 11 is 0. The molecule has 0 bridgehead atoms. The Bertz CT molecular complexity index is 705. The molecule has 23 heavy (non-hydrogen) atoms. The van der Waals surface area contributed by atoms with E-state index in [1.165, 1.54) is 7.05 Å². The molecule has 0 heterocycles. The Morgan fingerprint density at radius 3 is 1.43 bits per heavy atom. The minimum absolute atomic E-state index is 0.439. The summed E-state index contributed by atoms with van der Waals surface area (Å²) in [6.45, 7) is 7.95. The van der Waals surface area contributed by atoms with Gasteiger partial charge in [-0.2, -0.15) is 0 Å². The Balaban J connectivity index is 0.00000127. The van der Waals surface area contributed by atoms with Crippen LogP contribution in [-0.2, 0) is 22.7 Å². The van der Waals surface area contributed by atoms with Crippen LogP contribution in [-0.4, -0.2) is 15.5 Å². The summed E-state index contributed by atoms with van der Waals surface area (Å²) in [7, 11) is -1.96. The molecule has 126 valence electrons. The second kappa shape index (κ2) is 8.27. The van der Waals surface area contributed by atoms with Crippen LogP contribution in [0.5, 0.6) is 0 Å². The number of benzene rings is 2. The number of rotatable bonds is 4. The lowest BCUT2D eigenvalue weighted by Gasteiger charge is -2.13. The zero-order chi connectivity index (χ0) is 17.6. The molecule has 0 aromatic heterocycles. The van der Waals surface area contributed by atoms with E-state index in [4.69, 9.17) is 0 Å². The van der Waals surface area contributed by atoms with Crippen molar-refractivity contribution >= 4 is 9.84 Å². The molecule has 4 heteroatoms. The van der Waals surface area contributed by atoms with Gasteiger partial charge in [-0.25, -0.2) is 8.42 Å². The molecule has 2 aromatic carbocycles. The lowest BCUT2D eigenvalue weighted by Crippen LogP contribution is -2.08. The number of hydrogen-bond donors (Lipinski definition) is 1. The number of hydrogen-bond acceptors (Lipinski definition) is 3. The van der Waals surface area contributed by atoms with E-state index in [0.29, 0.717) is 22.6 Å². The van der Waals surface area contributed by atoms with Crippen LogP contribution in [0.15, 0.2) is 46.2 Å². The van der Waals surface area contributed by atoms with Crippen LogP contribution in [0.1, 0.15) is 36.1 Å². The first-order chi connectivity index (χ1) is 10.9. The Morgan fingerprint density at radius 2 is 1.13 bits per heavy atom. The second-order valence-electron chi connectivity index (χ2n) is 5.43. The lowest BCUT2D eigenvalue weighted by atomic mass is 10.1. The van der Waals surface area contributed by atoms with Crippen molar-refractivity contribution in [3.63, 3.8) is 0 Å². The number of aryl methyl sites for hydroxylation is 4. The van der Waals surface area contributed by atoms with Crippen LogP contribution in [0.2, 0.25) is 0 Å². The maximum absolute atomic E-state index is 13.0. The van der Waals surface area contributed by atoms with Crippen molar-refractivity contribution in [3.8, 4) is 0 Å². The molecular weight excluding hydrogens is 306 g/mol. The molecule has 0 aliphatic carbocycles. The third kappa shape index (κ3) is 4.21. The molecule has 2 N–H and O–H groups in total. The third-order valence-electron chi connectivity index (χ3n) is 3.77. The van der Waals surface area contributed by atoms with Crippen molar-refractivity contribution < 1.29 is 8.42 Å². The topological polar surface area (TPSA) is 60.2 Å². The summed E-state index contributed by atoms with van der Waals surface area (Å²) in [4.78, 5) is 0.878. The monoisotopic (exact) mass is 333 g/mol. The van der Waals surface area contributed by atoms with E-state index < -0.39 is 9.84 Å². The van der Waals surface area contributed by atoms with Gasteiger partial charge in [0.05, 0.1) is 9.79 Å². The van der Waals surface area contributed by atoms with Gasteiger partial charge in [-0.3, -0.25) is 0 Å². The minimum Gasteiger partial charge on any atom is -0.333 e. The molecule has 0 aliphatic heterocycles. The normalized spacial score (nSPS) is 10.9. The highest BCUT2D eigenvalue weighted by Crippen LogP contribution is 2.28. The van der Waals surface area contributed by atoms with Crippen molar-refractivity contribution in [2.45, 2.75) is 50.3 Å². The van der Waals surface area contributed by atoms with Crippen molar-refractivity contribution in [2.24, 2.45) is 5.73 Å². The van der Waals surface area contributed by atoms with E-state index in [0.717, 1.165) is 22.3 Å². The van der Waals surface area contributed by atoms with Crippen LogP contribution in [0.3, 0.4) is 0 Å². The van der Waals surface area contributed by atoms with Crippen molar-refractivity contribution in [3.05, 3.63) is 58.7 Å². The first-order valence-electron chi connectivity index (χ1n) is 7.92. The molecule has 2 aromatic rings. The van der Waals surface area contributed by atoms with Crippen LogP contribution < -0.4 is 5.73 Å². The summed E-state index contributed by atoms with van der Waals surface area (Å²) in [6, 6.07) is 11.1. The van der Waals surface area contributed by atoms with Gasteiger partial charge in [0.25, 0.3) is 0 Å². The van der Waals surface area contributed by atoms with Crippen molar-refractivity contribution in [1.82, 2.24) is 0 Å². The summed E-state index contributed by atoms with van der Waals surface area (Å²) in [6.07, 6.45) is 1.42. The molecule has 0 fully saturated rings. The maximum Gasteiger partial charge on any atom is 0.207 e. The van der Waals surface area contributed by atoms with Gasteiger partial charge in [-0.05, 0) is 57.0 Å². The fourth-order valence-corrected chi connectivity index (χ4v) is 4.44. The molecule has 0 saturated heterocycles. The predicted molar refractivity (Wildman–Crippen MR) is 96.7 cm³/mol. The molecular formula is C19H27NO2S. The van der Waals surface area contributed by atoms with E-state index in [1.54, 1.807) is 12.1 Å². The van der Waals surface area contributed by atoms with Crippen LogP contribution >= 0.6 is 0 Å². The van der Waals surface area contributed by atoms with Gasteiger partial charge in [0.15, 0.2) is 0 Å². The zero-order valence-corrected chi connectivity index (χ0v) is 15.5. The third-order valence-corrected chi connectivity index (χ3v) is 5.73. The van der Waals surface area contributed by atoms with E-state index in [-0.39, 0.29) is 0 Å². The molecule has 0 saturated carbocycles. The molecule has 0 radical (unpaired) electrons. The Kier molecular flexibility index (Phi) is 6.98. The Morgan fingerprint density at radius 1 is 0.783 bits per heavy atom. The van der Waals surface area contributed by atoms with Gasteiger partial charge in [-0.15, -0.1) is 0 Å². The quantitative estimate of drug-likeness (QED) is 0.925. The van der Waals surface area contributed by atoms with Gasteiger partial charge in [0.2, 0.25) is 9.84 Å². The van der Waals surface area contributed by atoms with Gasteiger partial charge in [0, 0.05) is 0 Å². The van der Waals surface area contributed by atoms with E-state index in [2.05, 4.69) is 5.73 Å². The van der Waals surface area contributed by atoms with E-state index >= 15 is 0 Å². The molecule has 3 nitrogen and oxygen atoms in total. The fraction of sp³-hybridized carbons (Fsp3) is 0.368. The summed E-state index contributed by atoms with van der Waals surface area (Å²) in [5, 5.41) is 0. The highest BCUT2D eigenvalue weighted by atomic mass is 32.2.